The maximum atomic E-state index is 12.3. The first-order valence-electron chi connectivity index (χ1n) is 12.4. The second kappa shape index (κ2) is 12.4. The molecule has 0 fully saturated rings. The molecule has 1 amide bonds. The number of carbonyl (C=O) groups is 2. The molecule has 0 bridgehead atoms. The number of benzene rings is 3. The fourth-order valence-electron chi connectivity index (χ4n) is 4.20. The fourth-order valence-corrected chi connectivity index (χ4v) is 4.20. The number of fused-ring (bicyclic) bond motifs is 2. The summed E-state index contributed by atoms with van der Waals surface area (Å²) in [4.78, 5) is 26.3. The topological polar surface area (TPSA) is 55.8 Å². The van der Waals surface area contributed by atoms with Crippen molar-refractivity contribution in [3.05, 3.63) is 72.8 Å². The Hall–Kier alpha value is -3.34. The molecule has 3 aromatic rings. The lowest BCUT2D eigenvalue weighted by molar-refractivity contribution is -0.143. The van der Waals surface area contributed by atoms with Gasteiger partial charge in [-0.15, -0.1) is 6.58 Å². The van der Waals surface area contributed by atoms with E-state index in [-0.39, 0.29) is 12.1 Å². The van der Waals surface area contributed by atoms with Gasteiger partial charge in [0.05, 0.1) is 6.61 Å². The van der Waals surface area contributed by atoms with Gasteiger partial charge in [0.2, 0.25) is 0 Å². The van der Waals surface area contributed by atoms with Crippen LogP contribution in [0.25, 0.3) is 21.5 Å². The predicted octanol–water partition coefficient (Wildman–Crippen LogP) is 7.06. The number of carbonyl (C=O) groups excluding carboxylic acids is 2. The molecule has 0 saturated heterocycles. The summed E-state index contributed by atoms with van der Waals surface area (Å²) < 4.78 is 11.0. The van der Waals surface area contributed by atoms with Gasteiger partial charge in [-0.2, -0.15) is 0 Å². The second-order valence-corrected chi connectivity index (χ2v) is 9.79. The van der Waals surface area contributed by atoms with Gasteiger partial charge >= 0.3 is 12.1 Å². The van der Waals surface area contributed by atoms with Crippen LogP contribution in [-0.2, 0) is 20.7 Å². The molecule has 0 atom stereocenters. The van der Waals surface area contributed by atoms with Crippen molar-refractivity contribution in [2.24, 2.45) is 0 Å². The van der Waals surface area contributed by atoms with Crippen molar-refractivity contribution in [1.29, 1.82) is 0 Å². The van der Waals surface area contributed by atoms with Crippen molar-refractivity contribution in [3.63, 3.8) is 0 Å². The van der Waals surface area contributed by atoms with Crippen LogP contribution in [0.3, 0.4) is 0 Å². The summed E-state index contributed by atoms with van der Waals surface area (Å²) in [5, 5.41) is 4.81. The summed E-state index contributed by atoms with van der Waals surface area (Å²) in [7, 11) is 0. The summed E-state index contributed by atoms with van der Waals surface area (Å²) in [6, 6.07) is 18.9. The van der Waals surface area contributed by atoms with Crippen LogP contribution in [0.1, 0.15) is 52.0 Å². The van der Waals surface area contributed by atoms with Crippen molar-refractivity contribution < 1.29 is 19.1 Å². The summed E-state index contributed by atoms with van der Waals surface area (Å²) in [6.07, 6.45) is 4.77. The third-order valence-corrected chi connectivity index (χ3v) is 5.81. The van der Waals surface area contributed by atoms with Gasteiger partial charge in [-0.1, -0.05) is 61.0 Å². The van der Waals surface area contributed by atoms with Gasteiger partial charge in [-0.3, -0.25) is 4.79 Å². The normalized spacial score (nSPS) is 11.4. The van der Waals surface area contributed by atoms with Gasteiger partial charge in [-0.25, -0.2) is 4.79 Å². The van der Waals surface area contributed by atoms with E-state index in [1.165, 1.54) is 27.1 Å². The highest BCUT2D eigenvalue weighted by Crippen LogP contribution is 2.28. The first-order chi connectivity index (χ1) is 16.8. The monoisotopic (exact) mass is 475 g/mol. The average molecular weight is 476 g/mol. The molecular formula is C30H37NO4. The SMILES string of the molecule is C=CCN(CCCCCC(=O)OCCc1c2ccccc2cc2ccccc12)C(=O)OC(C)(C)C. The average Bonchev–Trinajstić information content (AvgIpc) is 2.81. The number of rotatable bonds is 11. The number of amides is 1. The van der Waals surface area contributed by atoms with E-state index in [4.69, 9.17) is 9.47 Å². The van der Waals surface area contributed by atoms with Gasteiger partial charge in [0.15, 0.2) is 0 Å². The largest absolute Gasteiger partial charge is 0.465 e. The van der Waals surface area contributed by atoms with Gasteiger partial charge in [0.25, 0.3) is 0 Å². The minimum absolute atomic E-state index is 0.176. The van der Waals surface area contributed by atoms with Gasteiger partial charge in [-0.05, 0) is 66.8 Å². The summed E-state index contributed by atoms with van der Waals surface area (Å²) in [6.45, 7) is 10.7. The Kier molecular flexibility index (Phi) is 9.30. The van der Waals surface area contributed by atoms with Crippen LogP contribution in [0.4, 0.5) is 4.79 Å². The Labute approximate surface area is 208 Å². The van der Waals surface area contributed by atoms with Crippen LogP contribution in [-0.4, -0.2) is 42.3 Å². The second-order valence-electron chi connectivity index (χ2n) is 9.79. The first kappa shape index (κ1) is 26.3. The van der Waals surface area contributed by atoms with Crippen molar-refractivity contribution in [2.45, 2.75) is 58.5 Å². The number of hydrogen-bond donors (Lipinski definition) is 0. The van der Waals surface area contributed by atoms with Crippen LogP contribution >= 0.6 is 0 Å². The minimum Gasteiger partial charge on any atom is -0.465 e. The molecule has 35 heavy (non-hydrogen) atoms. The maximum absolute atomic E-state index is 12.3. The molecule has 3 aromatic carbocycles. The van der Waals surface area contributed by atoms with Gasteiger partial charge in [0.1, 0.15) is 5.60 Å². The summed E-state index contributed by atoms with van der Waals surface area (Å²) in [5.74, 6) is -0.176. The van der Waals surface area contributed by atoms with Crippen molar-refractivity contribution in [2.75, 3.05) is 19.7 Å². The van der Waals surface area contributed by atoms with E-state index in [9.17, 15) is 9.59 Å². The molecule has 0 heterocycles. The standard InChI is InChI=1S/C30H37NO4/c1-5-19-31(29(33)35-30(2,3)4)20-12-6-7-17-28(32)34-21-18-27-25-15-10-8-13-23(25)22-24-14-9-11-16-26(24)27/h5,8-11,13-16,22H,1,6-7,12,17-21H2,2-4H3. The van der Waals surface area contributed by atoms with E-state index in [0.717, 1.165) is 19.3 Å². The van der Waals surface area contributed by atoms with Gasteiger partial charge in [0, 0.05) is 25.9 Å². The molecule has 186 valence electrons. The third-order valence-electron chi connectivity index (χ3n) is 5.81. The van der Waals surface area contributed by atoms with Crippen LogP contribution in [0.5, 0.6) is 0 Å². The molecule has 3 rings (SSSR count). The van der Waals surface area contributed by atoms with E-state index >= 15 is 0 Å². The molecule has 0 saturated carbocycles. The molecule has 0 N–H and O–H groups in total. The number of hydrogen-bond acceptors (Lipinski definition) is 4. The molecule has 0 radical (unpaired) electrons. The number of nitrogens with zero attached hydrogens (tertiary/aromatic N) is 1. The number of unbranched alkanes of at least 4 members (excludes halogenated alkanes) is 2. The lowest BCUT2D eigenvalue weighted by atomic mass is 9.95. The first-order valence-corrected chi connectivity index (χ1v) is 12.4. The zero-order chi connectivity index (χ0) is 25.3. The highest BCUT2D eigenvalue weighted by Gasteiger charge is 2.21. The fraction of sp³-hybridized carbons (Fsp3) is 0.400. The summed E-state index contributed by atoms with van der Waals surface area (Å²) in [5.41, 5.74) is 0.689. The smallest absolute Gasteiger partial charge is 0.410 e. The van der Waals surface area contributed by atoms with E-state index in [2.05, 4.69) is 36.9 Å². The van der Waals surface area contributed by atoms with Crippen LogP contribution < -0.4 is 0 Å². The van der Waals surface area contributed by atoms with Gasteiger partial charge < -0.3 is 14.4 Å². The van der Waals surface area contributed by atoms with E-state index in [1.54, 1.807) is 11.0 Å². The molecule has 0 spiro atoms. The quantitative estimate of drug-likeness (QED) is 0.129. The van der Waals surface area contributed by atoms with Crippen LogP contribution in [0.15, 0.2) is 67.3 Å². The van der Waals surface area contributed by atoms with Crippen LogP contribution in [0.2, 0.25) is 0 Å². The van der Waals surface area contributed by atoms with Crippen molar-refractivity contribution in [3.8, 4) is 0 Å². The Bertz CT molecular complexity index is 1110. The zero-order valence-corrected chi connectivity index (χ0v) is 21.2. The maximum Gasteiger partial charge on any atom is 0.410 e. The molecule has 0 unspecified atom stereocenters. The lowest BCUT2D eigenvalue weighted by Crippen LogP contribution is -2.37. The Morgan fingerprint density at radius 2 is 1.57 bits per heavy atom. The summed E-state index contributed by atoms with van der Waals surface area (Å²) >= 11 is 0. The molecular weight excluding hydrogens is 438 g/mol. The Morgan fingerprint density at radius 3 is 2.17 bits per heavy atom. The van der Waals surface area contributed by atoms with Crippen molar-refractivity contribution in [1.82, 2.24) is 4.90 Å². The molecule has 5 nitrogen and oxygen atoms in total. The molecule has 0 aliphatic carbocycles. The van der Waals surface area contributed by atoms with E-state index in [0.29, 0.717) is 32.5 Å². The van der Waals surface area contributed by atoms with E-state index in [1.807, 2.05) is 45.0 Å². The molecule has 5 heteroatoms. The Balaban J connectivity index is 1.44. The molecule has 0 aliphatic heterocycles. The lowest BCUT2D eigenvalue weighted by Gasteiger charge is -2.26. The number of ether oxygens (including phenoxy) is 2. The number of esters is 1. The highest BCUT2D eigenvalue weighted by molar-refractivity contribution is 6.02. The van der Waals surface area contributed by atoms with Crippen molar-refractivity contribution >= 4 is 33.6 Å². The Morgan fingerprint density at radius 1 is 0.943 bits per heavy atom. The van der Waals surface area contributed by atoms with E-state index < -0.39 is 5.60 Å². The third kappa shape index (κ3) is 7.84. The minimum atomic E-state index is -0.529. The molecule has 0 aromatic heterocycles. The zero-order valence-electron chi connectivity index (χ0n) is 21.2. The highest BCUT2D eigenvalue weighted by atomic mass is 16.6. The predicted molar refractivity (Wildman–Crippen MR) is 143 cm³/mol. The van der Waals surface area contributed by atoms with Crippen LogP contribution in [0, 0.1) is 0 Å². The molecule has 0 aliphatic rings.